The van der Waals surface area contributed by atoms with Gasteiger partial charge in [0.15, 0.2) is 11.6 Å². The van der Waals surface area contributed by atoms with E-state index in [-0.39, 0.29) is 5.41 Å². The van der Waals surface area contributed by atoms with E-state index in [0.717, 1.165) is 36.1 Å². The van der Waals surface area contributed by atoms with E-state index in [2.05, 4.69) is 10.2 Å². The van der Waals surface area contributed by atoms with Gasteiger partial charge in [0.2, 0.25) is 5.91 Å². The molecule has 1 aromatic heterocycles. The normalized spacial score (nSPS) is 24.5. The van der Waals surface area contributed by atoms with Gasteiger partial charge in [-0.2, -0.15) is 5.10 Å². The maximum atomic E-state index is 15.5. The summed E-state index contributed by atoms with van der Waals surface area (Å²) in [6, 6.07) is 5.78. The molecule has 2 aliphatic carbocycles. The molecule has 0 bridgehead atoms. The molecule has 0 radical (unpaired) electrons. The molecule has 0 saturated heterocycles. The summed E-state index contributed by atoms with van der Waals surface area (Å²) in [5.41, 5.74) is 5.51. The zero-order chi connectivity index (χ0) is 25.5. The summed E-state index contributed by atoms with van der Waals surface area (Å²) in [5, 5.41) is 17.5. The first-order chi connectivity index (χ1) is 17.9. The van der Waals surface area contributed by atoms with Gasteiger partial charge in [-0.05, 0) is 78.1 Å². The fourth-order valence-corrected chi connectivity index (χ4v) is 6.88. The quantitative estimate of drug-likeness (QED) is 0.484. The molecule has 1 amide bonds. The van der Waals surface area contributed by atoms with Gasteiger partial charge >= 0.3 is 0 Å². The van der Waals surface area contributed by atoms with Crippen LogP contribution in [0.15, 0.2) is 40.5 Å². The number of aryl methyl sites for hydroxylation is 1. The molecule has 37 heavy (non-hydrogen) atoms. The van der Waals surface area contributed by atoms with Crippen molar-refractivity contribution in [3.05, 3.63) is 58.4 Å². The van der Waals surface area contributed by atoms with Crippen LogP contribution in [0.3, 0.4) is 0 Å². The predicted molar refractivity (Wildman–Crippen MR) is 136 cm³/mol. The number of phenols is 1. The van der Waals surface area contributed by atoms with E-state index in [0.29, 0.717) is 77.6 Å². The molecule has 0 spiro atoms. The number of benzene rings is 2. The number of rotatable bonds is 4. The van der Waals surface area contributed by atoms with Crippen LogP contribution in [0.1, 0.15) is 56.7 Å². The van der Waals surface area contributed by atoms with E-state index in [1.54, 1.807) is 6.07 Å². The van der Waals surface area contributed by atoms with Crippen LogP contribution in [0.5, 0.6) is 5.75 Å². The number of hydrogen-bond acceptors (Lipinski definition) is 4. The third-order valence-electron chi connectivity index (χ3n) is 8.93. The second-order valence-electron chi connectivity index (χ2n) is 11.0. The van der Waals surface area contributed by atoms with E-state index >= 15 is 4.39 Å². The predicted octanol–water partition coefficient (Wildman–Crippen LogP) is 5.65. The van der Waals surface area contributed by atoms with Gasteiger partial charge in [-0.1, -0.05) is 13.3 Å². The van der Waals surface area contributed by atoms with Crippen LogP contribution in [0.2, 0.25) is 0 Å². The van der Waals surface area contributed by atoms with Gasteiger partial charge in [-0.15, -0.1) is 0 Å². The lowest BCUT2D eigenvalue weighted by atomic mass is 9.95. The van der Waals surface area contributed by atoms with E-state index in [9.17, 15) is 14.3 Å². The van der Waals surface area contributed by atoms with Gasteiger partial charge in [0.25, 0.3) is 0 Å². The average molecular weight is 503 g/mol. The first kappa shape index (κ1) is 22.6. The summed E-state index contributed by atoms with van der Waals surface area (Å²) in [4.78, 5) is 20.1. The number of fused-ring (bicyclic) bond motifs is 2. The SMILES string of the molecule is CCc1cc(O)c(F)cc1-c1cc(F)c2c(C3=NC4=C(C3)CN(C(=O)[C@@]35CCC[C@@H]3C5)CC4)n[nH]c2c1. The van der Waals surface area contributed by atoms with Crippen molar-refractivity contribution < 1.29 is 18.7 Å². The Morgan fingerprint density at radius 3 is 2.86 bits per heavy atom. The summed E-state index contributed by atoms with van der Waals surface area (Å²) in [7, 11) is 0. The van der Waals surface area contributed by atoms with Crippen LogP contribution in [0, 0.1) is 23.0 Å². The molecule has 190 valence electrons. The molecule has 2 atom stereocenters. The van der Waals surface area contributed by atoms with Crippen LogP contribution in [-0.2, 0) is 11.2 Å². The molecule has 0 unspecified atom stereocenters. The molecule has 2 aromatic carbocycles. The van der Waals surface area contributed by atoms with Crippen LogP contribution >= 0.6 is 0 Å². The fourth-order valence-electron chi connectivity index (χ4n) is 6.88. The Balaban J connectivity index is 1.16. The number of nitrogens with one attached hydrogen (secondary N) is 1. The topological polar surface area (TPSA) is 81.6 Å². The van der Waals surface area contributed by atoms with E-state index in [4.69, 9.17) is 4.99 Å². The van der Waals surface area contributed by atoms with Crippen molar-refractivity contribution in [3.63, 3.8) is 0 Å². The number of nitrogens with zero attached hydrogens (tertiary/aromatic N) is 3. The van der Waals surface area contributed by atoms with Crippen molar-refractivity contribution in [1.29, 1.82) is 0 Å². The molecule has 3 aromatic rings. The van der Waals surface area contributed by atoms with Gasteiger partial charge in [-0.3, -0.25) is 14.9 Å². The molecular weight excluding hydrogens is 474 g/mol. The Kier molecular flexibility index (Phi) is 4.88. The zero-order valence-electron chi connectivity index (χ0n) is 20.7. The number of hydrogen-bond donors (Lipinski definition) is 2. The van der Waals surface area contributed by atoms with Crippen molar-refractivity contribution in [2.75, 3.05) is 13.1 Å². The van der Waals surface area contributed by atoms with Gasteiger partial charge in [0, 0.05) is 31.6 Å². The number of carbonyl (C=O) groups excluding carboxylic acids is 1. The van der Waals surface area contributed by atoms with Crippen molar-refractivity contribution in [3.8, 4) is 16.9 Å². The number of aliphatic imine (C=N–C) groups is 1. The Hall–Kier alpha value is -3.55. The summed E-state index contributed by atoms with van der Waals surface area (Å²) >= 11 is 0. The smallest absolute Gasteiger partial charge is 0.229 e. The number of aromatic amines is 1. The highest BCUT2D eigenvalue weighted by molar-refractivity contribution is 6.12. The minimum absolute atomic E-state index is 0.0857. The van der Waals surface area contributed by atoms with Crippen LogP contribution in [0.25, 0.3) is 22.0 Å². The number of aromatic hydroxyl groups is 1. The number of halogens is 2. The summed E-state index contributed by atoms with van der Waals surface area (Å²) in [6.45, 7) is 3.18. The minimum Gasteiger partial charge on any atom is -0.505 e. The maximum absolute atomic E-state index is 15.5. The number of H-pyrrole nitrogens is 1. The van der Waals surface area contributed by atoms with Crippen molar-refractivity contribution in [1.82, 2.24) is 15.1 Å². The highest BCUT2D eigenvalue weighted by atomic mass is 19.1. The summed E-state index contributed by atoms with van der Waals surface area (Å²) < 4.78 is 29.7. The Bertz CT molecular complexity index is 1550. The third kappa shape index (κ3) is 3.37. The van der Waals surface area contributed by atoms with Gasteiger partial charge < -0.3 is 10.0 Å². The lowest BCUT2D eigenvalue weighted by molar-refractivity contribution is -0.137. The maximum Gasteiger partial charge on any atom is 0.229 e. The molecule has 6 nitrogen and oxygen atoms in total. The van der Waals surface area contributed by atoms with E-state index in [1.807, 2.05) is 11.8 Å². The number of aromatic nitrogens is 2. The molecule has 4 aliphatic rings. The van der Waals surface area contributed by atoms with Crippen molar-refractivity contribution in [2.45, 2.75) is 51.9 Å². The summed E-state index contributed by atoms with van der Waals surface area (Å²) in [6.07, 6.45) is 6.25. The van der Waals surface area contributed by atoms with Crippen LogP contribution < -0.4 is 0 Å². The zero-order valence-corrected chi connectivity index (χ0v) is 20.7. The highest BCUT2D eigenvalue weighted by Gasteiger charge is 2.63. The van der Waals surface area contributed by atoms with Gasteiger partial charge in [-0.25, -0.2) is 8.78 Å². The Morgan fingerprint density at radius 2 is 2.11 bits per heavy atom. The van der Waals surface area contributed by atoms with Gasteiger partial charge in [0.1, 0.15) is 11.5 Å². The highest BCUT2D eigenvalue weighted by Crippen LogP contribution is 2.64. The fraction of sp³-hybridized carbons (Fsp3) is 0.414. The average Bonchev–Trinajstić information content (AvgIpc) is 3.26. The molecule has 3 heterocycles. The third-order valence-corrected chi connectivity index (χ3v) is 8.93. The number of amides is 1. The monoisotopic (exact) mass is 502 g/mol. The van der Waals surface area contributed by atoms with Gasteiger partial charge in [0.05, 0.1) is 22.0 Å². The first-order valence-corrected chi connectivity index (χ1v) is 13.2. The molecule has 2 N–H and O–H groups in total. The molecule has 2 fully saturated rings. The lowest BCUT2D eigenvalue weighted by Crippen LogP contribution is -2.41. The standard InChI is InChI=1S/C29H28F2N4O2/c1-2-15-11-25(36)20(30)12-19(15)16-8-21(31)26-23(9-16)33-34-27(26)24-10-17-14-35(7-5-22(17)32-24)28(37)29-6-3-4-18(29)13-29/h8-9,11-12,18,36H,2-7,10,13-14H2,1H3,(H,33,34)/t18-,29-/m1/s1. The summed E-state index contributed by atoms with van der Waals surface area (Å²) in [5.74, 6) is -0.721. The molecule has 2 saturated carbocycles. The molecule has 7 rings (SSSR count). The minimum atomic E-state index is -0.743. The Labute approximate surface area is 213 Å². The molecule has 2 aliphatic heterocycles. The Morgan fingerprint density at radius 1 is 1.24 bits per heavy atom. The van der Waals surface area contributed by atoms with Crippen LogP contribution in [-0.4, -0.2) is 44.9 Å². The number of carbonyl (C=O) groups is 1. The second kappa shape index (κ2) is 7.97. The largest absolute Gasteiger partial charge is 0.505 e. The lowest BCUT2D eigenvalue weighted by Gasteiger charge is -2.30. The van der Waals surface area contributed by atoms with Crippen molar-refractivity contribution >= 4 is 22.5 Å². The van der Waals surface area contributed by atoms with Crippen LogP contribution in [0.4, 0.5) is 8.78 Å². The van der Waals surface area contributed by atoms with E-state index < -0.39 is 17.4 Å². The second-order valence-corrected chi connectivity index (χ2v) is 11.0. The first-order valence-electron chi connectivity index (χ1n) is 13.2. The van der Waals surface area contributed by atoms with Crippen molar-refractivity contribution in [2.24, 2.45) is 16.3 Å². The number of phenolic OH excluding ortho intramolecular Hbond substituents is 1. The molecule has 8 heteroatoms. The van der Waals surface area contributed by atoms with E-state index in [1.165, 1.54) is 24.6 Å². The molecular formula is C29H28F2N4O2.